The third-order valence-corrected chi connectivity index (χ3v) is 15.3. The number of hydrogen-bond acceptors (Lipinski definition) is 13. The lowest BCUT2D eigenvalue weighted by Crippen LogP contribution is -2.51. The van der Waals surface area contributed by atoms with Crippen molar-refractivity contribution in [1.29, 1.82) is 10.5 Å². The van der Waals surface area contributed by atoms with Gasteiger partial charge in [0.15, 0.2) is 0 Å². The summed E-state index contributed by atoms with van der Waals surface area (Å²) in [4.78, 5) is 29.7. The number of nitrogens with zero attached hydrogens (tertiary/aromatic N) is 5. The van der Waals surface area contributed by atoms with Crippen molar-refractivity contribution in [1.82, 2.24) is 20.0 Å². The highest BCUT2D eigenvalue weighted by molar-refractivity contribution is 5.77. The van der Waals surface area contributed by atoms with E-state index in [-0.39, 0.29) is 67.3 Å². The number of carbonyl (C=O) groups is 2. The number of aliphatic carboxylic acids is 1. The molecule has 10 rings (SSSR count). The van der Waals surface area contributed by atoms with Crippen LogP contribution < -0.4 is 25.4 Å². The summed E-state index contributed by atoms with van der Waals surface area (Å²) in [7, 11) is 0. The number of rotatable bonds is 14. The number of nitrogens with one attached hydrogen (secondary N) is 3. The number of anilines is 2. The molecule has 4 N–H and O–H groups in total. The first-order valence-corrected chi connectivity index (χ1v) is 28.3. The lowest BCUT2D eigenvalue weighted by Gasteiger charge is -2.36. The minimum absolute atomic E-state index is 0.00619. The second-order valence-corrected chi connectivity index (χ2v) is 21.1. The minimum Gasteiger partial charge on any atom is -0.488 e. The second-order valence-electron chi connectivity index (χ2n) is 21.1. The van der Waals surface area contributed by atoms with Gasteiger partial charge in [-0.3, -0.25) is 14.6 Å². The van der Waals surface area contributed by atoms with E-state index in [2.05, 4.69) is 25.8 Å². The molecular formula is C60H72F8N8O7. The number of carboxylic acids is 1. The molecule has 2 saturated carbocycles. The fraction of sp³-hybridized carbons (Fsp3) is 0.533. The third-order valence-electron chi connectivity index (χ3n) is 15.3. The summed E-state index contributed by atoms with van der Waals surface area (Å²) in [6.07, 6.45) is -2.24. The van der Waals surface area contributed by atoms with Crippen LogP contribution in [0.2, 0.25) is 0 Å². The average molecular weight is 1170 g/mol. The number of piperazine rings is 2. The SMILES string of the molecule is CC.Fc1ccc2c(c1)CC(CN1CCNCC1)O2.N#Cc1ccc(NC2CCC(OCC(=O)N3CCN(CC4Cc5cc(F)ccc5O4)CC3)CC2)cc1C(F)(F)F.N#Cc1ccc(NC2CCC(OCC(=O)O)CC2)cc1C(F)(F)F. The molecule has 4 fully saturated rings. The first kappa shape index (κ1) is 63.8. The fourth-order valence-corrected chi connectivity index (χ4v) is 11.1. The van der Waals surface area contributed by atoms with Crippen LogP contribution in [0.1, 0.15) is 98.6 Å². The van der Waals surface area contributed by atoms with Crippen molar-refractivity contribution in [2.24, 2.45) is 0 Å². The van der Waals surface area contributed by atoms with Gasteiger partial charge in [-0.25, -0.2) is 13.6 Å². The number of halogens is 8. The highest BCUT2D eigenvalue weighted by atomic mass is 19.4. The van der Waals surface area contributed by atoms with E-state index in [9.17, 15) is 44.7 Å². The van der Waals surface area contributed by atoms with Gasteiger partial charge in [-0.15, -0.1) is 0 Å². The third kappa shape index (κ3) is 19.1. The highest BCUT2D eigenvalue weighted by Crippen LogP contribution is 2.37. The molecule has 4 aliphatic heterocycles. The van der Waals surface area contributed by atoms with Crippen LogP contribution in [-0.4, -0.2) is 147 Å². The van der Waals surface area contributed by atoms with Crippen LogP contribution in [0.4, 0.5) is 46.5 Å². The van der Waals surface area contributed by atoms with E-state index in [0.29, 0.717) is 82.3 Å². The molecule has 0 aromatic heterocycles. The Morgan fingerprint density at radius 3 is 1.45 bits per heavy atom. The van der Waals surface area contributed by atoms with Crippen molar-refractivity contribution in [2.75, 3.05) is 89.3 Å². The molecule has 0 bridgehead atoms. The van der Waals surface area contributed by atoms with Crippen LogP contribution >= 0.6 is 0 Å². The zero-order valence-corrected chi connectivity index (χ0v) is 46.6. The van der Waals surface area contributed by atoms with Gasteiger partial charge in [-0.1, -0.05) is 13.8 Å². The van der Waals surface area contributed by atoms with E-state index >= 15 is 0 Å². The molecule has 2 unspecified atom stereocenters. The van der Waals surface area contributed by atoms with Crippen molar-refractivity contribution in [3.8, 4) is 23.6 Å². The van der Waals surface area contributed by atoms with Crippen LogP contribution in [0.3, 0.4) is 0 Å². The summed E-state index contributed by atoms with van der Waals surface area (Å²) < 4.78 is 128. The first-order valence-electron chi connectivity index (χ1n) is 28.3. The Morgan fingerprint density at radius 2 is 1.04 bits per heavy atom. The maximum atomic E-state index is 13.5. The predicted octanol–water partition coefficient (Wildman–Crippen LogP) is 10.1. The topological polar surface area (TPSA) is 185 Å². The number of carboxylic acid groups (broad SMARTS) is 1. The highest BCUT2D eigenvalue weighted by Gasteiger charge is 2.36. The maximum absolute atomic E-state index is 13.5. The number of carbonyl (C=O) groups excluding carboxylic acids is 1. The average Bonchev–Trinajstić information content (AvgIpc) is 4.31. The summed E-state index contributed by atoms with van der Waals surface area (Å²) in [5.74, 6) is 0.103. The molecular weight excluding hydrogens is 1100 g/mol. The van der Waals surface area contributed by atoms with Crippen LogP contribution in [0, 0.1) is 34.3 Å². The second kappa shape index (κ2) is 30.2. The molecule has 6 aliphatic rings. The van der Waals surface area contributed by atoms with Crippen LogP contribution in [0.25, 0.3) is 0 Å². The predicted molar refractivity (Wildman–Crippen MR) is 294 cm³/mol. The summed E-state index contributed by atoms with van der Waals surface area (Å²) >= 11 is 0. The maximum Gasteiger partial charge on any atom is 0.417 e. The van der Waals surface area contributed by atoms with E-state index in [1.807, 2.05) is 18.7 Å². The molecule has 15 nitrogen and oxygen atoms in total. The van der Waals surface area contributed by atoms with Gasteiger partial charge in [0.1, 0.15) is 48.6 Å². The number of nitriles is 2. The molecule has 450 valence electrons. The Hall–Kier alpha value is -6.76. The molecule has 1 amide bonds. The number of benzene rings is 4. The van der Waals surface area contributed by atoms with Gasteiger partial charge in [-0.05, 0) is 124 Å². The number of ether oxygens (including phenoxy) is 4. The minimum atomic E-state index is -4.59. The van der Waals surface area contributed by atoms with Crippen LogP contribution in [0.5, 0.6) is 11.5 Å². The van der Waals surface area contributed by atoms with Gasteiger partial charge in [0.2, 0.25) is 5.91 Å². The molecule has 2 aliphatic carbocycles. The molecule has 23 heteroatoms. The van der Waals surface area contributed by atoms with Crippen LogP contribution in [-0.2, 0) is 44.3 Å². The van der Waals surface area contributed by atoms with E-state index in [1.54, 1.807) is 30.3 Å². The lowest BCUT2D eigenvalue weighted by atomic mass is 9.92. The Balaban J connectivity index is 0.000000194. The fourth-order valence-electron chi connectivity index (χ4n) is 11.1. The number of alkyl halides is 6. The van der Waals surface area contributed by atoms with E-state index in [1.165, 1.54) is 36.4 Å². The van der Waals surface area contributed by atoms with Crippen LogP contribution in [0.15, 0.2) is 72.8 Å². The zero-order chi connectivity index (χ0) is 59.7. The van der Waals surface area contributed by atoms with Gasteiger partial charge < -0.3 is 44.9 Å². The molecule has 2 atom stereocenters. The van der Waals surface area contributed by atoms with Crippen molar-refractivity contribution < 1.29 is 68.8 Å². The van der Waals surface area contributed by atoms with Crippen molar-refractivity contribution in [3.05, 3.63) is 118 Å². The molecule has 4 heterocycles. The molecule has 0 radical (unpaired) electrons. The standard InChI is InChI=1S/C29H32F4N4O3.C16H17F3N2O3.C13H17FN2O.C2H6/c30-21-2-8-27-20(13-21)14-25(40-27)17-36-9-11-37(12-10-36)28(38)18-39-24-6-4-22(5-7-24)35-23-3-1-19(16-34)26(15-23)29(31,32)33;17-16(18,19)14-7-12(2-1-10(14)8-20)21-11-3-5-13(6-4-11)24-9-15(22)23;14-11-1-2-13-10(7-11)8-12(17-13)9-16-5-3-15-4-6-16;1-2/h1-3,8,13,15,22,24-25,35H,4-7,9-12,14,17-18H2;1-2,7,11,13,21H,3-6,9H2,(H,22,23);1-2,7,12,15H,3-6,8-9H2;1-2H3. The van der Waals surface area contributed by atoms with Crippen molar-refractivity contribution in [3.63, 3.8) is 0 Å². The Kier molecular flexibility index (Phi) is 23.2. The quantitative estimate of drug-likeness (QED) is 0.0875. The smallest absolute Gasteiger partial charge is 0.417 e. The monoisotopic (exact) mass is 1170 g/mol. The number of amides is 1. The van der Waals surface area contributed by atoms with Gasteiger partial charge in [0.05, 0.1) is 46.6 Å². The normalized spacial score (nSPS) is 22.4. The van der Waals surface area contributed by atoms with Gasteiger partial charge >= 0.3 is 18.3 Å². The lowest BCUT2D eigenvalue weighted by molar-refractivity contribution is -0.145. The van der Waals surface area contributed by atoms with E-state index in [0.717, 1.165) is 99.6 Å². The Morgan fingerprint density at radius 1 is 0.614 bits per heavy atom. The summed E-state index contributed by atoms with van der Waals surface area (Å²) in [6.45, 7) is 12.3. The van der Waals surface area contributed by atoms with E-state index < -0.39 is 40.6 Å². The van der Waals surface area contributed by atoms with Crippen molar-refractivity contribution >= 4 is 23.3 Å². The molecule has 2 saturated heterocycles. The zero-order valence-electron chi connectivity index (χ0n) is 46.6. The summed E-state index contributed by atoms with van der Waals surface area (Å²) in [5, 5.41) is 35.9. The molecule has 0 spiro atoms. The molecule has 83 heavy (non-hydrogen) atoms. The molecule has 4 aromatic rings. The Labute approximate surface area is 478 Å². The Bertz CT molecular complexity index is 2850. The first-order chi connectivity index (χ1) is 39.8. The summed E-state index contributed by atoms with van der Waals surface area (Å²) in [5.41, 5.74) is -0.138. The van der Waals surface area contributed by atoms with Gasteiger partial charge in [0.25, 0.3) is 0 Å². The molecule has 4 aromatic carbocycles. The van der Waals surface area contributed by atoms with Crippen molar-refractivity contribution in [2.45, 2.75) is 127 Å². The largest absolute Gasteiger partial charge is 0.488 e. The van der Waals surface area contributed by atoms with E-state index in [4.69, 9.17) is 34.6 Å². The van der Waals surface area contributed by atoms with Gasteiger partial charge in [-0.2, -0.15) is 36.9 Å². The van der Waals surface area contributed by atoms with Gasteiger partial charge in [0, 0.05) is 113 Å². The summed E-state index contributed by atoms with van der Waals surface area (Å²) in [6, 6.07) is 19.8. The number of hydrogen-bond donors (Lipinski definition) is 4. The number of fused-ring (bicyclic) bond motifs is 2.